The van der Waals surface area contributed by atoms with E-state index in [0.29, 0.717) is 0 Å². The number of hydrogen-bond acceptors (Lipinski definition) is 2. The van der Waals surface area contributed by atoms with E-state index in [1.54, 1.807) is 12.4 Å². The molecule has 0 spiro atoms. The second-order valence-electron chi connectivity index (χ2n) is 6.41. The second-order valence-corrected chi connectivity index (χ2v) is 10.7. The Morgan fingerprint density at radius 1 is 0.731 bits per heavy atom. The summed E-state index contributed by atoms with van der Waals surface area (Å²) < 4.78 is 0. The van der Waals surface area contributed by atoms with Gasteiger partial charge < -0.3 is 20.4 Å². The molecule has 2 aromatic carbocycles. The second kappa shape index (κ2) is 7.56. The summed E-state index contributed by atoms with van der Waals surface area (Å²) >= 11 is 0. The average molecular weight is 536 g/mol. The number of hydrogen-bond donors (Lipinski definition) is 0. The van der Waals surface area contributed by atoms with E-state index in [1.807, 2.05) is 24.3 Å². The number of aromatic nitrogens is 4. The Morgan fingerprint density at radius 3 is 1.58 bits per heavy atom. The Labute approximate surface area is 168 Å². The van der Waals surface area contributed by atoms with Crippen molar-refractivity contribution in [2.45, 2.75) is 13.1 Å². The van der Waals surface area contributed by atoms with E-state index in [1.165, 1.54) is 10.4 Å². The molecule has 2 heterocycles. The Hall–Kier alpha value is -2.23. The first-order valence-corrected chi connectivity index (χ1v) is 11.1. The first kappa shape index (κ1) is 18.6. The molecule has 0 aliphatic rings. The Bertz CT molecular complexity index is 899. The molecule has 0 amide bonds. The third kappa shape index (κ3) is 3.50. The first-order valence-electron chi connectivity index (χ1n) is 8.10. The fraction of sp³-hybridized carbons (Fsp3) is 0.100. The summed E-state index contributed by atoms with van der Waals surface area (Å²) in [6.45, 7) is 4.62. The van der Waals surface area contributed by atoms with Crippen molar-refractivity contribution in [1.29, 1.82) is 0 Å². The molecule has 0 N–H and O–H groups in total. The van der Waals surface area contributed by atoms with Crippen molar-refractivity contribution in [2.75, 3.05) is 0 Å². The van der Waals surface area contributed by atoms with Crippen LogP contribution in [0.4, 0.5) is 0 Å². The first-order chi connectivity index (χ1) is 12.1. The zero-order valence-electron chi connectivity index (χ0n) is 14.4. The minimum atomic E-state index is -1.95. The molecule has 130 valence electrons. The van der Waals surface area contributed by atoms with Gasteiger partial charge in [0.1, 0.15) is 0 Å². The monoisotopic (exact) mass is 535 g/mol. The van der Waals surface area contributed by atoms with E-state index in [2.05, 4.69) is 69.9 Å². The molecule has 0 aliphatic heterocycles. The summed E-state index contributed by atoms with van der Waals surface area (Å²) in [4.78, 5) is 0. The predicted octanol–water partition coefficient (Wildman–Crippen LogP) is 2.15. The molecular formula is C20H16N4PtSi. The third-order valence-corrected chi connectivity index (χ3v) is 7.69. The number of rotatable bonds is 4. The smallest absolute Gasteiger partial charge is 0.619 e. The van der Waals surface area contributed by atoms with E-state index in [9.17, 15) is 0 Å². The maximum Gasteiger partial charge on any atom is 4.00 e. The van der Waals surface area contributed by atoms with Gasteiger partial charge in [0.25, 0.3) is 0 Å². The largest absolute Gasteiger partial charge is 4.00 e. The van der Waals surface area contributed by atoms with Gasteiger partial charge in [-0.05, 0) is 12.4 Å². The van der Waals surface area contributed by atoms with Crippen molar-refractivity contribution in [3.05, 3.63) is 73.1 Å². The molecule has 0 atom stereocenters. The van der Waals surface area contributed by atoms with Crippen LogP contribution in [-0.2, 0) is 21.1 Å². The van der Waals surface area contributed by atoms with Gasteiger partial charge >= 0.3 is 21.1 Å². The van der Waals surface area contributed by atoms with Gasteiger partial charge in [0.15, 0.2) is 0 Å². The summed E-state index contributed by atoms with van der Waals surface area (Å²) in [6, 6.07) is 23.4. The van der Waals surface area contributed by atoms with Crippen molar-refractivity contribution in [3.8, 4) is 22.5 Å². The maximum absolute atomic E-state index is 4.14. The molecular weight excluding hydrogens is 519 g/mol. The van der Waals surface area contributed by atoms with Crippen molar-refractivity contribution in [2.24, 2.45) is 0 Å². The summed E-state index contributed by atoms with van der Waals surface area (Å²) in [6.07, 6.45) is 3.41. The van der Waals surface area contributed by atoms with Gasteiger partial charge in [-0.25, -0.2) is 11.4 Å². The summed E-state index contributed by atoms with van der Waals surface area (Å²) in [5.74, 6) is 0. The maximum atomic E-state index is 4.14. The minimum absolute atomic E-state index is 0. The fourth-order valence-electron chi connectivity index (χ4n) is 2.86. The SMILES string of the molecule is C[Si](C)(c1[c-]c(-c2ccn[n-]2)ccc1)c1[c-]c(-c2ccn[n-]2)ccc1.[Pt+4]. The van der Waals surface area contributed by atoms with Gasteiger partial charge in [-0.3, -0.25) is 0 Å². The van der Waals surface area contributed by atoms with Crippen LogP contribution in [-0.4, -0.2) is 18.3 Å². The summed E-state index contributed by atoms with van der Waals surface area (Å²) in [5.41, 5.74) is 3.68. The molecule has 26 heavy (non-hydrogen) atoms. The molecule has 0 aliphatic carbocycles. The summed E-state index contributed by atoms with van der Waals surface area (Å²) in [7, 11) is -1.95. The average Bonchev–Trinajstić information content (AvgIpc) is 3.36. The van der Waals surface area contributed by atoms with Gasteiger partial charge in [-0.2, -0.15) is 11.1 Å². The predicted molar refractivity (Wildman–Crippen MR) is 100 cm³/mol. The molecule has 4 rings (SSSR count). The van der Waals surface area contributed by atoms with Gasteiger partial charge in [0.05, 0.1) is 8.07 Å². The Kier molecular flexibility index (Phi) is 5.40. The van der Waals surface area contributed by atoms with Crippen LogP contribution < -0.4 is 20.6 Å². The molecule has 0 fully saturated rings. The van der Waals surface area contributed by atoms with Crippen LogP contribution in [0.3, 0.4) is 0 Å². The molecule has 0 saturated heterocycles. The number of nitrogens with zero attached hydrogens (tertiary/aromatic N) is 4. The molecule has 4 aromatic rings. The Balaban J connectivity index is 0.00000196. The van der Waals surface area contributed by atoms with E-state index in [0.717, 1.165) is 22.5 Å². The van der Waals surface area contributed by atoms with E-state index in [-0.39, 0.29) is 21.1 Å². The zero-order valence-corrected chi connectivity index (χ0v) is 17.7. The topological polar surface area (TPSA) is 54.0 Å². The molecule has 0 bridgehead atoms. The van der Waals surface area contributed by atoms with Crippen LogP contribution in [0.2, 0.25) is 13.1 Å². The van der Waals surface area contributed by atoms with Crippen LogP contribution in [0.1, 0.15) is 0 Å². The molecule has 0 unspecified atom stereocenters. The molecule has 0 saturated carbocycles. The number of benzene rings is 2. The van der Waals surface area contributed by atoms with Crippen molar-refractivity contribution >= 4 is 18.4 Å². The third-order valence-electron chi connectivity index (χ3n) is 4.42. The van der Waals surface area contributed by atoms with Gasteiger partial charge in [0.2, 0.25) is 0 Å². The standard InChI is InChI=1S/C20H16N4Si.Pt/c1-25(2,17-7-3-5-15(13-17)19-9-11-21-23-19)18-8-4-6-16(14-18)20-10-12-22-24-20;/h3-12H,1-2H3;/q-4;+4. The molecule has 2 aromatic heterocycles. The van der Waals surface area contributed by atoms with Gasteiger partial charge in [0, 0.05) is 0 Å². The van der Waals surface area contributed by atoms with E-state index < -0.39 is 8.07 Å². The normalized spacial score (nSPS) is 11.2. The molecule has 4 nitrogen and oxygen atoms in total. The van der Waals surface area contributed by atoms with Crippen LogP contribution in [0.5, 0.6) is 0 Å². The quantitative estimate of drug-likeness (QED) is 0.297. The van der Waals surface area contributed by atoms with Gasteiger partial charge in [-0.15, -0.1) is 71.0 Å². The van der Waals surface area contributed by atoms with Crippen molar-refractivity contribution < 1.29 is 21.1 Å². The van der Waals surface area contributed by atoms with E-state index >= 15 is 0 Å². The van der Waals surface area contributed by atoms with Crippen molar-refractivity contribution in [3.63, 3.8) is 0 Å². The molecule has 6 heteroatoms. The van der Waals surface area contributed by atoms with Gasteiger partial charge in [-0.1, -0.05) is 13.1 Å². The minimum Gasteiger partial charge on any atom is -0.619 e. The van der Waals surface area contributed by atoms with E-state index in [4.69, 9.17) is 0 Å². The molecule has 0 radical (unpaired) electrons. The van der Waals surface area contributed by atoms with Crippen LogP contribution in [0, 0.1) is 12.1 Å². The fourth-order valence-corrected chi connectivity index (χ4v) is 5.07. The summed E-state index contributed by atoms with van der Waals surface area (Å²) in [5, 5.41) is 18.5. The van der Waals surface area contributed by atoms with Crippen LogP contribution >= 0.6 is 0 Å². The van der Waals surface area contributed by atoms with Crippen LogP contribution in [0.15, 0.2) is 60.9 Å². The van der Waals surface area contributed by atoms with Crippen molar-refractivity contribution in [1.82, 2.24) is 20.4 Å². The van der Waals surface area contributed by atoms with Crippen LogP contribution in [0.25, 0.3) is 22.5 Å². The Morgan fingerprint density at radius 2 is 1.19 bits per heavy atom. The zero-order chi connectivity index (χ0) is 17.3.